The molecule has 0 radical (unpaired) electrons. The molecule has 63 heavy (non-hydrogen) atoms. The monoisotopic (exact) mass is 936 g/mol. The van der Waals surface area contributed by atoms with Crippen LogP contribution in [0.25, 0.3) is 44.2 Å². The molecule has 0 spiro atoms. The molecule has 2 saturated heterocycles. The van der Waals surface area contributed by atoms with Crippen molar-refractivity contribution in [2.75, 3.05) is 38.4 Å². The van der Waals surface area contributed by atoms with Gasteiger partial charge >= 0.3 is 6.09 Å². The molecule has 2 aliphatic rings. The number of ether oxygens (including phenoxy) is 2. The van der Waals surface area contributed by atoms with Gasteiger partial charge in [-0.15, -0.1) is 0 Å². The predicted octanol–water partition coefficient (Wildman–Crippen LogP) is 9.19. The summed E-state index contributed by atoms with van der Waals surface area (Å²) < 4.78 is 13.2. The Balaban J connectivity index is 0.00000290. The van der Waals surface area contributed by atoms with Crippen LogP contribution in [0.5, 0.6) is 0 Å². The molecule has 7 rings (SSSR count). The van der Waals surface area contributed by atoms with Crippen molar-refractivity contribution in [1.29, 1.82) is 0 Å². The Morgan fingerprint density at radius 3 is 2.17 bits per heavy atom. The summed E-state index contributed by atoms with van der Waals surface area (Å²) in [6, 6.07) is 19.5. The molecule has 13 nitrogen and oxygen atoms in total. The van der Waals surface area contributed by atoms with E-state index < -0.39 is 20.2 Å². The summed E-state index contributed by atoms with van der Waals surface area (Å²) in [4.78, 5) is 55.0. The van der Waals surface area contributed by atoms with Crippen LogP contribution in [0.4, 0.5) is 10.7 Å². The Bertz CT molecular complexity index is 2370. The minimum Gasteiger partial charge on any atom is -0.453 e. The van der Waals surface area contributed by atoms with Gasteiger partial charge in [0.15, 0.2) is 0 Å². The number of aromatic amines is 1. The van der Waals surface area contributed by atoms with Gasteiger partial charge in [0, 0.05) is 45.8 Å². The number of likely N-dealkylation sites (tertiary alicyclic amines) is 1. The number of alkyl carbamates (subject to hydrolysis) is 1. The molecule has 2 N–H and O–H groups in total. The van der Waals surface area contributed by atoms with Crippen LogP contribution in [0.2, 0.25) is 25.7 Å². The van der Waals surface area contributed by atoms with E-state index >= 15 is 0 Å². The lowest BCUT2D eigenvalue weighted by atomic mass is 9.96. The topological polar surface area (TPSA) is 138 Å². The minimum absolute atomic E-state index is 0. The van der Waals surface area contributed by atoms with Gasteiger partial charge < -0.3 is 24.7 Å². The van der Waals surface area contributed by atoms with Gasteiger partial charge in [0.2, 0.25) is 11.9 Å². The molecular formula is C46H68N8O5S3Si. The lowest BCUT2D eigenvalue weighted by molar-refractivity contribution is -0.137. The molecule has 17 heteroatoms. The normalized spacial score (nSPS) is 16.2. The number of hydrogen-bond donors (Lipinski definition) is 2. The molecule has 3 aromatic carbocycles. The number of carbonyl (C=O) groups is 3. The summed E-state index contributed by atoms with van der Waals surface area (Å²) >= 11 is 0. The summed E-state index contributed by atoms with van der Waals surface area (Å²) in [5.74, 6) is 1.60. The van der Waals surface area contributed by atoms with Crippen LogP contribution in [-0.2, 0) is 25.8 Å². The highest BCUT2D eigenvalue weighted by atomic mass is 32.1. The molecule has 5 aromatic rings. The number of nitrogens with one attached hydrogen (secondary N) is 2. The highest BCUT2D eigenvalue weighted by molar-refractivity contribution is 7.59. The quantitative estimate of drug-likeness (QED) is 0.0831. The second kappa shape index (κ2) is 21.7. The van der Waals surface area contributed by atoms with Crippen molar-refractivity contribution in [3.63, 3.8) is 0 Å². The van der Waals surface area contributed by atoms with Crippen molar-refractivity contribution in [2.24, 2.45) is 17.8 Å². The number of aromatic nitrogens is 4. The van der Waals surface area contributed by atoms with Crippen molar-refractivity contribution in [3.8, 4) is 22.4 Å². The smallest absolute Gasteiger partial charge is 0.407 e. The Kier molecular flexibility index (Phi) is 17.7. The number of nitrogens with zero attached hydrogens (tertiary/aromatic N) is 6. The Morgan fingerprint density at radius 1 is 0.841 bits per heavy atom. The van der Waals surface area contributed by atoms with Crippen LogP contribution < -0.4 is 10.3 Å². The first-order chi connectivity index (χ1) is 28.6. The van der Waals surface area contributed by atoms with Crippen molar-refractivity contribution in [2.45, 2.75) is 98.4 Å². The van der Waals surface area contributed by atoms with Crippen molar-refractivity contribution in [1.82, 2.24) is 34.7 Å². The molecule has 2 aromatic heterocycles. The molecule has 3 amide bonds. The lowest BCUT2D eigenvalue weighted by Crippen LogP contribution is -2.54. The molecule has 0 saturated carbocycles. The van der Waals surface area contributed by atoms with Crippen LogP contribution in [0.1, 0.15) is 65.7 Å². The Morgan fingerprint density at radius 2 is 1.51 bits per heavy atom. The number of fused-ring (bicyclic) bond motifs is 2. The number of H-pyrrole nitrogens is 1. The van der Waals surface area contributed by atoms with Crippen LogP contribution in [0.15, 0.2) is 60.8 Å². The second-order valence-electron chi connectivity index (χ2n) is 18.4. The van der Waals surface area contributed by atoms with Crippen LogP contribution in [-0.4, -0.2) is 94.8 Å². The summed E-state index contributed by atoms with van der Waals surface area (Å²) in [6.45, 7) is 19.9. The zero-order valence-electron chi connectivity index (χ0n) is 38.2. The van der Waals surface area contributed by atoms with Gasteiger partial charge in [-0.3, -0.25) is 19.2 Å². The average molecular weight is 937 g/mol. The third kappa shape index (κ3) is 11.4. The van der Waals surface area contributed by atoms with Gasteiger partial charge in [0.1, 0.15) is 18.6 Å². The van der Waals surface area contributed by atoms with Gasteiger partial charge in [0.05, 0.1) is 36.1 Å². The van der Waals surface area contributed by atoms with Crippen molar-refractivity contribution < 1.29 is 23.9 Å². The van der Waals surface area contributed by atoms with Crippen molar-refractivity contribution >= 4 is 94.2 Å². The number of hydrazine groups is 1. The number of rotatable bonds is 14. The van der Waals surface area contributed by atoms with E-state index in [2.05, 4.69) is 103 Å². The number of benzene rings is 3. The molecule has 0 unspecified atom stereocenters. The van der Waals surface area contributed by atoms with E-state index in [1.54, 1.807) is 5.01 Å². The van der Waals surface area contributed by atoms with E-state index in [1.165, 1.54) is 7.11 Å². The van der Waals surface area contributed by atoms with E-state index in [1.807, 2.05) is 36.9 Å². The standard InChI is InChI=1S/C46H62N8O5Si.3H2S/c1-29(2)31(5)43(55)51-19-10-12-40(51)42-47-27-38(48-42)36-16-15-32-24-33(13-14-34(32)25-36)35-17-18-39-37(26-35)49-45(52(39)28-59-22-23-60(7,8)9)54-21-11-20-53(54)44(56)41(30(3)4)50-46(57)58-6;;;/h13-18,24-27,29-31,40-41H,10-12,19-23,28H2,1-9H3,(H,47,48)(H,50,57);3*1H2/t31-,40-,41-;;;/m0.../s1. The van der Waals surface area contributed by atoms with Gasteiger partial charge in [-0.25, -0.2) is 19.8 Å². The van der Waals surface area contributed by atoms with Gasteiger partial charge in [-0.1, -0.05) is 84.6 Å². The zero-order chi connectivity index (χ0) is 42.9. The fraction of sp³-hybridized carbons (Fsp3) is 0.500. The maximum atomic E-state index is 14.0. The Hall–Kier alpha value is -4.16. The maximum absolute atomic E-state index is 14.0. The third-order valence-electron chi connectivity index (χ3n) is 12.2. The average Bonchev–Trinajstić information content (AvgIpc) is 4.06. The highest BCUT2D eigenvalue weighted by Crippen LogP contribution is 2.36. The second-order valence-corrected chi connectivity index (χ2v) is 24.0. The van der Waals surface area contributed by atoms with Crippen molar-refractivity contribution in [3.05, 3.63) is 66.6 Å². The van der Waals surface area contributed by atoms with Crippen LogP contribution in [0.3, 0.4) is 0 Å². The number of anilines is 1. The van der Waals surface area contributed by atoms with Gasteiger partial charge in [-0.2, -0.15) is 40.5 Å². The van der Waals surface area contributed by atoms with E-state index in [-0.39, 0.29) is 70.2 Å². The molecule has 4 heterocycles. The molecular weight excluding hydrogens is 869 g/mol. The van der Waals surface area contributed by atoms with E-state index in [9.17, 15) is 14.4 Å². The summed E-state index contributed by atoms with van der Waals surface area (Å²) in [5, 5.41) is 8.61. The van der Waals surface area contributed by atoms with E-state index in [0.717, 1.165) is 81.9 Å². The fourth-order valence-corrected chi connectivity index (χ4v) is 8.93. The SMILES string of the molecule is COC(=O)N[C@H](C(=O)N1CCCN1c1nc2cc(-c3ccc4cc(-c5cnc([C@@H]6CCCN6C(=O)[C@@H](C)C(C)C)[nH]5)ccc4c3)ccc2n1COCC[Si](C)(C)C)C(C)C.S.S.S. The van der Waals surface area contributed by atoms with Gasteiger partial charge in [-0.05, 0) is 83.3 Å². The molecule has 344 valence electrons. The molecule has 3 atom stereocenters. The first-order valence-electron chi connectivity index (χ1n) is 21.5. The largest absolute Gasteiger partial charge is 0.453 e. The summed E-state index contributed by atoms with van der Waals surface area (Å²) in [7, 11) is -0.0143. The van der Waals surface area contributed by atoms with Gasteiger partial charge in [0.25, 0.3) is 5.91 Å². The zero-order valence-corrected chi connectivity index (χ0v) is 42.2. The minimum atomic E-state index is -1.31. The molecule has 0 bridgehead atoms. The highest BCUT2D eigenvalue weighted by Gasteiger charge is 2.38. The first kappa shape index (κ1) is 51.5. The summed E-state index contributed by atoms with van der Waals surface area (Å²) in [6.07, 6.45) is 3.90. The van der Waals surface area contributed by atoms with E-state index in [0.29, 0.717) is 38.3 Å². The predicted molar refractivity (Wildman–Crippen MR) is 271 cm³/mol. The van der Waals surface area contributed by atoms with E-state index in [4.69, 9.17) is 19.4 Å². The number of carbonyl (C=O) groups excluding carboxylic acids is 3. The molecule has 2 fully saturated rings. The molecule has 0 aliphatic carbocycles. The molecule has 2 aliphatic heterocycles. The number of imidazole rings is 2. The van der Waals surface area contributed by atoms with Crippen LogP contribution in [0, 0.1) is 17.8 Å². The Labute approximate surface area is 394 Å². The van der Waals surface area contributed by atoms with Crippen LogP contribution >= 0.6 is 40.5 Å². The first-order valence-corrected chi connectivity index (χ1v) is 25.3. The number of amides is 3. The summed E-state index contributed by atoms with van der Waals surface area (Å²) in [5.41, 5.74) is 5.79. The third-order valence-corrected chi connectivity index (χ3v) is 13.9. The number of methoxy groups -OCH3 is 1. The maximum Gasteiger partial charge on any atom is 0.407 e. The lowest BCUT2D eigenvalue weighted by Gasteiger charge is -2.33. The fourth-order valence-electron chi connectivity index (χ4n) is 8.17. The number of hydrogen-bond acceptors (Lipinski definition) is 8.